The molecule has 0 saturated carbocycles. The first-order valence-corrected chi connectivity index (χ1v) is 8.47. The zero-order valence-electron chi connectivity index (χ0n) is 12.9. The molecule has 12 heteroatoms. The van der Waals surface area contributed by atoms with E-state index in [1.165, 1.54) is 0 Å². The lowest BCUT2D eigenvalue weighted by molar-refractivity contribution is -0.119. The molecule has 8 nitrogen and oxygen atoms in total. The van der Waals surface area contributed by atoms with E-state index in [-0.39, 0.29) is 23.6 Å². The molecule has 0 amide bonds. The molecule has 2 rings (SSSR count). The van der Waals surface area contributed by atoms with E-state index < -0.39 is 39.0 Å². The van der Waals surface area contributed by atoms with E-state index in [1.807, 2.05) is 0 Å². The Morgan fingerprint density at radius 3 is 2.96 bits per heavy atom. The minimum atomic E-state index is -3.35. The highest BCUT2D eigenvalue weighted by Crippen LogP contribution is 2.44. The summed E-state index contributed by atoms with van der Waals surface area (Å²) < 4.78 is 44.1. The molecule has 1 fully saturated rings. The predicted octanol–water partition coefficient (Wildman–Crippen LogP) is 2.06. The molecule has 2 heterocycles. The van der Waals surface area contributed by atoms with Crippen molar-refractivity contribution in [3.05, 3.63) is 21.7 Å². The van der Waals surface area contributed by atoms with Crippen molar-refractivity contribution in [1.82, 2.24) is 9.55 Å². The van der Waals surface area contributed by atoms with E-state index in [2.05, 4.69) is 4.98 Å². The van der Waals surface area contributed by atoms with Crippen molar-refractivity contribution >= 4 is 26.0 Å². The molecule has 0 aromatic carbocycles. The van der Waals surface area contributed by atoms with Gasteiger partial charge in [0, 0.05) is 12.6 Å². The molecule has 1 aliphatic rings. The van der Waals surface area contributed by atoms with Crippen LogP contribution in [0.2, 0.25) is 5.02 Å². The van der Waals surface area contributed by atoms with Crippen molar-refractivity contribution in [2.24, 2.45) is 0 Å². The van der Waals surface area contributed by atoms with Crippen LogP contribution in [-0.4, -0.2) is 39.2 Å². The van der Waals surface area contributed by atoms with Crippen LogP contribution in [0.4, 0.5) is 14.6 Å². The maximum atomic E-state index is 14.2. The molecule has 24 heavy (non-hydrogen) atoms. The maximum absolute atomic E-state index is 14.2. The van der Waals surface area contributed by atoms with Crippen LogP contribution in [0.5, 0.6) is 0 Å². The third-order valence-corrected chi connectivity index (χ3v) is 4.30. The van der Waals surface area contributed by atoms with E-state index in [9.17, 15) is 18.5 Å². The number of anilines is 1. The van der Waals surface area contributed by atoms with Crippen molar-refractivity contribution in [3.8, 4) is 0 Å². The van der Waals surface area contributed by atoms with Gasteiger partial charge in [-0.15, -0.1) is 0 Å². The highest BCUT2D eigenvalue weighted by atomic mass is 35.5. The van der Waals surface area contributed by atoms with E-state index in [4.69, 9.17) is 31.1 Å². The molecule has 136 valence electrons. The number of halogens is 3. The van der Waals surface area contributed by atoms with Gasteiger partial charge < -0.3 is 24.4 Å². The van der Waals surface area contributed by atoms with Gasteiger partial charge in [0.05, 0.1) is 23.8 Å². The van der Waals surface area contributed by atoms with Gasteiger partial charge in [-0.2, -0.15) is 4.98 Å². The third kappa shape index (κ3) is 4.59. The van der Waals surface area contributed by atoms with Crippen molar-refractivity contribution in [2.45, 2.75) is 44.6 Å². The molecule has 3 unspecified atom stereocenters. The average molecular weight is 388 g/mol. The standard InChI is InChI=1S/C12H17ClF2N3O5P/c1-6(2)23-24(20)21-5-7-3-12(14,15)10(22-7)18-4-8(13)9(16)17-11(18)19/h4,6-7,10,20H,3,5H2,1-2H3,(H2,16,17,19). The molecule has 0 aliphatic carbocycles. The van der Waals surface area contributed by atoms with Crippen LogP contribution in [0.15, 0.2) is 11.0 Å². The molecule has 0 bridgehead atoms. The lowest BCUT2D eigenvalue weighted by atomic mass is 10.2. The normalized spacial score (nSPS) is 24.5. The van der Waals surface area contributed by atoms with E-state index in [1.54, 1.807) is 13.8 Å². The summed E-state index contributed by atoms with van der Waals surface area (Å²) in [5.41, 5.74) is 4.36. The van der Waals surface area contributed by atoms with Crippen LogP contribution in [0.25, 0.3) is 0 Å². The quantitative estimate of drug-likeness (QED) is 0.719. The Morgan fingerprint density at radius 1 is 1.67 bits per heavy atom. The summed E-state index contributed by atoms with van der Waals surface area (Å²) in [4.78, 5) is 24.6. The second-order valence-electron chi connectivity index (χ2n) is 5.43. The van der Waals surface area contributed by atoms with Crippen LogP contribution in [0, 0.1) is 0 Å². The molecule has 1 saturated heterocycles. The molecule has 1 aromatic rings. The monoisotopic (exact) mass is 387 g/mol. The Kier molecular flexibility index (Phi) is 6.11. The second-order valence-corrected chi connectivity index (χ2v) is 6.78. The highest BCUT2D eigenvalue weighted by Gasteiger charge is 2.52. The number of nitrogens with zero attached hydrogens (tertiary/aromatic N) is 2. The smallest absolute Gasteiger partial charge is 0.351 e. The van der Waals surface area contributed by atoms with Gasteiger partial charge in [-0.1, -0.05) is 11.6 Å². The minimum Gasteiger partial charge on any atom is -0.382 e. The molecular formula is C12H17ClF2N3O5P. The fourth-order valence-corrected chi connectivity index (χ4v) is 2.95. The number of hydrogen-bond donors (Lipinski definition) is 2. The van der Waals surface area contributed by atoms with Crippen molar-refractivity contribution in [3.63, 3.8) is 0 Å². The number of nitrogens with two attached hydrogens (primary N) is 1. The van der Waals surface area contributed by atoms with Gasteiger partial charge in [-0.3, -0.25) is 4.57 Å². The van der Waals surface area contributed by atoms with E-state index in [0.29, 0.717) is 4.57 Å². The first-order valence-electron chi connectivity index (χ1n) is 6.96. The van der Waals surface area contributed by atoms with Gasteiger partial charge in [0.2, 0.25) is 6.23 Å². The largest absolute Gasteiger partial charge is 0.382 e. The zero-order valence-corrected chi connectivity index (χ0v) is 14.5. The first-order chi connectivity index (χ1) is 11.1. The minimum absolute atomic E-state index is 0.141. The first kappa shape index (κ1) is 19.4. The van der Waals surface area contributed by atoms with Crippen LogP contribution in [-0.2, 0) is 13.8 Å². The molecule has 0 radical (unpaired) electrons. The summed E-state index contributed by atoms with van der Waals surface area (Å²) in [7, 11) is -2.19. The van der Waals surface area contributed by atoms with Crippen LogP contribution >= 0.6 is 20.2 Å². The number of ether oxygens (including phenoxy) is 1. The Morgan fingerprint density at radius 2 is 2.33 bits per heavy atom. The van der Waals surface area contributed by atoms with Crippen molar-refractivity contribution in [2.75, 3.05) is 12.3 Å². The summed E-state index contributed by atoms with van der Waals surface area (Å²) in [5, 5.41) is -0.141. The number of nitrogen functional groups attached to an aromatic ring is 1. The number of aromatic nitrogens is 2. The average Bonchev–Trinajstić information content (AvgIpc) is 2.75. The Hall–Kier alpha value is -0.900. The summed E-state index contributed by atoms with van der Waals surface area (Å²) in [6.07, 6.45) is -2.95. The summed E-state index contributed by atoms with van der Waals surface area (Å²) in [6, 6.07) is 0. The van der Waals surface area contributed by atoms with Gasteiger partial charge in [0.1, 0.15) is 5.82 Å². The van der Waals surface area contributed by atoms with Gasteiger partial charge in [-0.05, 0) is 13.8 Å². The topological polar surface area (TPSA) is 109 Å². The Bertz CT molecular complexity index is 648. The van der Waals surface area contributed by atoms with Gasteiger partial charge in [0.15, 0.2) is 0 Å². The second kappa shape index (κ2) is 7.55. The number of hydrogen-bond acceptors (Lipinski definition) is 7. The molecule has 3 atom stereocenters. The van der Waals surface area contributed by atoms with Gasteiger partial charge >= 0.3 is 14.3 Å². The summed E-state index contributed by atoms with van der Waals surface area (Å²) in [6.45, 7) is 3.07. The Balaban J connectivity index is 2.08. The molecule has 1 aliphatic heterocycles. The molecule has 3 N–H and O–H groups in total. The molecular weight excluding hydrogens is 371 g/mol. The fourth-order valence-electron chi connectivity index (χ4n) is 2.08. The van der Waals surface area contributed by atoms with Crippen LogP contribution in [0.1, 0.15) is 26.5 Å². The lowest BCUT2D eigenvalue weighted by Gasteiger charge is -2.20. The molecule has 1 aromatic heterocycles. The Labute approximate surface area is 142 Å². The van der Waals surface area contributed by atoms with E-state index >= 15 is 0 Å². The summed E-state index contributed by atoms with van der Waals surface area (Å²) in [5.74, 6) is -3.60. The fraction of sp³-hybridized carbons (Fsp3) is 0.667. The number of alkyl halides is 2. The highest BCUT2D eigenvalue weighted by molar-refractivity contribution is 7.40. The number of rotatable bonds is 6. The summed E-state index contributed by atoms with van der Waals surface area (Å²) >= 11 is 5.73. The van der Waals surface area contributed by atoms with Crippen LogP contribution < -0.4 is 11.4 Å². The predicted molar refractivity (Wildman–Crippen MR) is 82.7 cm³/mol. The SMILES string of the molecule is CC(C)OP(O)OCC1CC(F)(F)C(n2cc(Cl)c(N)nc2=O)O1. The van der Waals surface area contributed by atoms with Crippen molar-refractivity contribution < 1.29 is 27.5 Å². The lowest BCUT2D eigenvalue weighted by Crippen LogP contribution is -2.35. The van der Waals surface area contributed by atoms with E-state index in [0.717, 1.165) is 6.20 Å². The molecule has 0 spiro atoms. The van der Waals surface area contributed by atoms with Crippen molar-refractivity contribution in [1.29, 1.82) is 0 Å². The van der Waals surface area contributed by atoms with Crippen LogP contribution in [0.3, 0.4) is 0 Å². The zero-order chi connectivity index (χ0) is 18.1. The maximum Gasteiger partial charge on any atom is 0.351 e. The van der Waals surface area contributed by atoms with Gasteiger partial charge in [-0.25, -0.2) is 13.6 Å². The van der Waals surface area contributed by atoms with Gasteiger partial charge in [0.25, 0.3) is 5.92 Å². The third-order valence-electron chi connectivity index (χ3n) is 3.04.